The van der Waals surface area contributed by atoms with Crippen LogP contribution in [0.1, 0.15) is 11.8 Å². The smallest absolute Gasteiger partial charge is 0.452 e. The normalized spacial score (nSPS) is 14.4. The van der Waals surface area contributed by atoms with Gasteiger partial charge >= 0.3 is 12.1 Å². The van der Waals surface area contributed by atoms with E-state index in [-0.39, 0.29) is 17.1 Å². The first-order valence-electron chi connectivity index (χ1n) is 3.61. The highest BCUT2D eigenvalue weighted by atomic mass is 79.9. The zero-order valence-corrected chi connectivity index (χ0v) is 9.80. The van der Waals surface area contributed by atoms with Gasteiger partial charge in [0, 0.05) is 0 Å². The van der Waals surface area contributed by atoms with Crippen molar-refractivity contribution < 1.29 is 26.4 Å². The molecule has 0 amide bonds. The van der Waals surface area contributed by atoms with Gasteiger partial charge in [0.2, 0.25) is 0 Å². The lowest BCUT2D eigenvalue weighted by Crippen LogP contribution is -2.45. The Morgan fingerprint density at radius 2 is 1.69 bits per heavy atom. The standard InChI is InChI=1S/C7H5BrF5NO.ClH/c8-4-2-1-3(15-4)5(14)6(9,10)7(11,12)13;/h1-2,5H,14H2;1H/t5-;/m0./s1. The van der Waals surface area contributed by atoms with E-state index in [0.29, 0.717) is 0 Å². The summed E-state index contributed by atoms with van der Waals surface area (Å²) >= 11 is 2.77. The average Bonchev–Trinajstić information content (AvgIpc) is 2.48. The molecular formula is C7H6BrClF5NO. The van der Waals surface area contributed by atoms with Crippen molar-refractivity contribution >= 4 is 28.3 Å². The average molecular weight is 330 g/mol. The molecule has 1 heterocycles. The van der Waals surface area contributed by atoms with E-state index < -0.39 is 23.9 Å². The zero-order chi connectivity index (χ0) is 11.9. The van der Waals surface area contributed by atoms with E-state index in [1.54, 1.807) is 0 Å². The Kier molecular flexibility index (Phi) is 4.78. The summed E-state index contributed by atoms with van der Waals surface area (Å²) in [5, 5.41) is 0. The summed E-state index contributed by atoms with van der Waals surface area (Å²) < 4.78 is 65.6. The van der Waals surface area contributed by atoms with Gasteiger partial charge in [-0.3, -0.25) is 0 Å². The highest BCUT2D eigenvalue weighted by molar-refractivity contribution is 9.10. The summed E-state index contributed by atoms with van der Waals surface area (Å²) in [5.41, 5.74) is 4.79. The Hall–Kier alpha value is -0.340. The van der Waals surface area contributed by atoms with Gasteiger partial charge in [0.1, 0.15) is 11.8 Å². The molecule has 2 nitrogen and oxygen atoms in total. The molecule has 0 saturated heterocycles. The first kappa shape index (κ1) is 15.7. The molecule has 0 unspecified atom stereocenters. The van der Waals surface area contributed by atoms with Gasteiger partial charge in [-0.25, -0.2) is 0 Å². The van der Waals surface area contributed by atoms with Crippen molar-refractivity contribution in [3.8, 4) is 0 Å². The Morgan fingerprint density at radius 3 is 2.00 bits per heavy atom. The quantitative estimate of drug-likeness (QED) is 0.841. The fraction of sp³-hybridized carbons (Fsp3) is 0.429. The summed E-state index contributed by atoms with van der Waals surface area (Å²) in [4.78, 5) is 0. The van der Waals surface area contributed by atoms with E-state index in [4.69, 9.17) is 5.73 Å². The SMILES string of the molecule is Cl.N[C@@H](c1ccc(Br)o1)C(F)(F)C(F)(F)F. The number of hydrogen-bond donors (Lipinski definition) is 1. The predicted octanol–water partition coefficient (Wildman–Crippen LogP) is 3.66. The zero-order valence-electron chi connectivity index (χ0n) is 7.39. The van der Waals surface area contributed by atoms with Crippen LogP contribution in [0.4, 0.5) is 22.0 Å². The van der Waals surface area contributed by atoms with E-state index in [9.17, 15) is 22.0 Å². The number of nitrogens with two attached hydrogens (primary N) is 1. The van der Waals surface area contributed by atoms with Crippen LogP contribution in [-0.4, -0.2) is 12.1 Å². The lowest BCUT2D eigenvalue weighted by atomic mass is 10.1. The first-order chi connectivity index (χ1) is 6.66. The van der Waals surface area contributed by atoms with Crippen LogP contribution in [0.15, 0.2) is 21.2 Å². The fourth-order valence-electron chi connectivity index (χ4n) is 0.850. The van der Waals surface area contributed by atoms with Gasteiger partial charge in [-0.2, -0.15) is 22.0 Å². The molecule has 0 aliphatic heterocycles. The molecule has 94 valence electrons. The second-order valence-electron chi connectivity index (χ2n) is 2.74. The van der Waals surface area contributed by atoms with Crippen molar-refractivity contribution in [1.29, 1.82) is 0 Å². The van der Waals surface area contributed by atoms with Crippen molar-refractivity contribution in [2.24, 2.45) is 5.73 Å². The van der Waals surface area contributed by atoms with Crippen molar-refractivity contribution in [3.63, 3.8) is 0 Å². The third kappa shape index (κ3) is 2.86. The third-order valence-electron chi connectivity index (χ3n) is 1.67. The highest BCUT2D eigenvalue weighted by Crippen LogP contribution is 2.43. The van der Waals surface area contributed by atoms with Gasteiger partial charge in [-0.05, 0) is 28.1 Å². The molecule has 16 heavy (non-hydrogen) atoms. The summed E-state index contributed by atoms with van der Waals surface area (Å²) in [7, 11) is 0. The Bertz CT molecular complexity index is 353. The number of alkyl halides is 5. The van der Waals surface area contributed by atoms with E-state index in [1.807, 2.05) is 0 Å². The topological polar surface area (TPSA) is 39.2 Å². The van der Waals surface area contributed by atoms with Crippen LogP contribution < -0.4 is 5.73 Å². The fourth-order valence-corrected chi connectivity index (χ4v) is 1.17. The van der Waals surface area contributed by atoms with Gasteiger partial charge < -0.3 is 10.2 Å². The van der Waals surface area contributed by atoms with Crippen molar-refractivity contribution in [2.45, 2.75) is 18.1 Å². The van der Waals surface area contributed by atoms with Crippen LogP contribution in [0.2, 0.25) is 0 Å². The highest BCUT2D eigenvalue weighted by Gasteiger charge is 2.62. The largest absolute Gasteiger partial charge is 0.455 e. The maximum atomic E-state index is 12.7. The van der Waals surface area contributed by atoms with Gasteiger partial charge in [0.15, 0.2) is 4.67 Å². The maximum absolute atomic E-state index is 12.7. The van der Waals surface area contributed by atoms with E-state index in [2.05, 4.69) is 20.3 Å². The third-order valence-corrected chi connectivity index (χ3v) is 2.10. The Morgan fingerprint density at radius 1 is 1.19 bits per heavy atom. The molecule has 0 aromatic carbocycles. The van der Waals surface area contributed by atoms with Gasteiger partial charge in [0.05, 0.1) is 0 Å². The van der Waals surface area contributed by atoms with Gasteiger partial charge in [-0.1, -0.05) is 0 Å². The molecule has 0 aliphatic carbocycles. The molecule has 1 atom stereocenters. The molecule has 1 aromatic heterocycles. The summed E-state index contributed by atoms with van der Waals surface area (Å²) in [6.07, 6.45) is -5.70. The van der Waals surface area contributed by atoms with Crippen LogP contribution in [-0.2, 0) is 0 Å². The molecule has 0 saturated carbocycles. The predicted molar refractivity (Wildman–Crippen MR) is 51.6 cm³/mol. The molecule has 1 aromatic rings. The second-order valence-corrected chi connectivity index (χ2v) is 3.52. The van der Waals surface area contributed by atoms with Crippen molar-refractivity contribution in [2.75, 3.05) is 0 Å². The molecule has 0 bridgehead atoms. The molecule has 0 aliphatic rings. The van der Waals surface area contributed by atoms with Crippen LogP contribution in [0.25, 0.3) is 0 Å². The van der Waals surface area contributed by atoms with E-state index in [0.717, 1.165) is 6.07 Å². The second kappa shape index (κ2) is 4.89. The lowest BCUT2D eigenvalue weighted by Gasteiger charge is -2.24. The monoisotopic (exact) mass is 329 g/mol. The Balaban J connectivity index is 0.00000225. The number of hydrogen-bond acceptors (Lipinski definition) is 2. The van der Waals surface area contributed by atoms with E-state index >= 15 is 0 Å². The molecule has 0 radical (unpaired) electrons. The number of furan rings is 1. The minimum Gasteiger partial charge on any atom is -0.452 e. The molecular weight excluding hydrogens is 324 g/mol. The first-order valence-corrected chi connectivity index (χ1v) is 4.41. The molecule has 0 fully saturated rings. The minimum absolute atomic E-state index is 0. The summed E-state index contributed by atoms with van der Waals surface area (Å²) in [6, 6.07) is -0.417. The van der Waals surface area contributed by atoms with Crippen LogP contribution in [0.5, 0.6) is 0 Å². The lowest BCUT2D eigenvalue weighted by molar-refractivity contribution is -0.292. The minimum atomic E-state index is -5.70. The number of halogens is 7. The van der Waals surface area contributed by atoms with E-state index in [1.165, 1.54) is 6.07 Å². The van der Waals surface area contributed by atoms with Crippen LogP contribution in [0, 0.1) is 0 Å². The summed E-state index contributed by atoms with van der Waals surface area (Å²) in [5.74, 6) is -5.66. The van der Waals surface area contributed by atoms with Crippen molar-refractivity contribution in [3.05, 3.63) is 22.6 Å². The molecule has 9 heteroatoms. The molecule has 0 spiro atoms. The summed E-state index contributed by atoms with van der Waals surface area (Å²) in [6.45, 7) is 0. The van der Waals surface area contributed by atoms with Crippen LogP contribution >= 0.6 is 28.3 Å². The molecule has 2 N–H and O–H groups in total. The maximum Gasteiger partial charge on any atom is 0.455 e. The number of rotatable bonds is 2. The van der Waals surface area contributed by atoms with Crippen molar-refractivity contribution in [1.82, 2.24) is 0 Å². The van der Waals surface area contributed by atoms with Crippen LogP contribution in [0.3, 0.4) is 0 Å². The van der Waals surface area contributed by atoms with Gasteiger partial charge in [-0.15, -0.1) is 12.4 Å². The Labute approximate surface area is 102 Å². The van der Waals surface area contributed by atoms with Gasteiger partial charge in [0.25, 0.3) is 0 Å². The molecule has 1 rings (SSSR count).